The summed E-state index contributed by atoms with van der Waals surface area (Å²) in [4.78, 5) is 0. The van der Waals surface area contributed by atoms with Gasteiger partial charge in [-0.05, 0) is 102 Å². The molecule has 32 heavy (non-hydrogen) atoms. The second-order valence-corrected chi connectivity index (χ2v) is 9.38. The molecule has 0 aliphatic heterocycles. The van der Waals surface area contributed by atoms with Crippen LogP contribution in [0.5, 0.6) is 11.5 Å². The predicted octanol–water partition coefficient (Wildman–Crippen LogP) is 8.53. The molecule has 0 unspecified atom stereocenters. The normalized spacial score (nSPS) is 11.4. The summed E-state index contributed by atoms with van der Waals surface area (Å²) < 4.78 is 0. The van der Waals surface area contributed by atoms with Crippen molar-refractivity contribution >= 4 is 44.2 Å². The van der Waals surface area contributed by atoms with Gasteiger partial charge in [-0.1, -0.05) is 36.4 Å². The molecule has 0 atom stereocenters. The molecule has 0 fully saturated rings. The van der Waals surface area contributed by atoms with Crippen molar-refractivity contribution < 1.29 is 10.2 Å². The van der Waals surface area contributed by atoms with E-state index in [-0.39, 0.29) is 11.5 Å². The zero-order valence-electron chi connectivity index (χ0n) is 16.9. The Hall–Kier alpha value is -3.60. The lowest BCUT2D eigenvalue weighted by Gasteiger charge is -2.15. The highest BCUT2D eigenvalue weighted by Crippen LogP contribution is 2.45. The van der Waals surface area contributed by atoms with Crippen LogP contribution in [0.3, 0.4) is 0 Å². The first-order valence-corrected chi connectivity index (χ1v) is 12.1. The summed E-state index contributed by atoms with van der Waals surface area (Å²) in [5, 5.41) is 34.1. The van der Waals surface area contributed by atoms with E-state index in [2.05, 4.69) is 57.9 Å². The Balaban J connectivity index is 1.60. The van der Waals surface area contributed by atoms with Gasteiger partial charge >= 0.3 is 0 Å². The molecule has 0 radical (unpaired) electrons. The maximum Gasteiger partial charge on any atom is 0.124 e. The van der Waals surface area contributed by atoms with Crippen molar-refractivity contribution in [2.45, 2.75) is 0 Å². The molecule has 2 heterocycles. The molecule has 0 bridgehead atoms. The van der Waals surface area contributed by atoms with E-state index in [1.54, 1.807) is 34.8 Å². The van der Waals surface area contributed by atoms with Crippen LogP contribution >= 0.6 is 22.7 Å². The van der Waals surface area contributed by atoms with Crippen LogP contribution in [0.2, 0.25) is 0 Å². The zero-order valence-corrected chi connectivity index (χ0v) is 18.6. The standard InChI is InChI=1S/C28H18O2S2/c29-25-7-3-19-13-17(21-9-11-31-15-21)1-5-23(19)27(25)28-24-6-2-18(22-10-12-32-16-22)14-20(24)4-8-26(28)30/h1-16,29-30H. The molecule has 0 saturated heterocycles. The highest BCUT2D eigenvalue weighted by atomic mass is 32.1. The van der Waals surface area contributed by atoms with Crippen molar-refractivity contribution in [1.29, 1.82) is 0 Å². The van der Waals surface area contributed by atoms with E-state index in [0.717, 1.165) is 32.7 Å². The van der Waals surface area contributed by atoms with E-state index in [0.29, 0.717) is 11.1 Å². The monoisotopic (exact) mass is 450 g/mol. The Kier molecular flexibility index (Phi) is 4.49. The van der Waals surface area contributed by atoms with E-state index in [1.807, 2.05) is 24.3 Å². The van der Waals surface area contributed by atoms with Gasteiger partial charge in [-0.2, -0.15) is 22.7 Å². The summed E-state index contributed by atoms with van der Waals surface area (Å²) in [6, 6.07) is 24.0. The van der Waals surface area contributed by atoms with Gasteiger partial charge in [0.15, 0.2) is 0 Å². The smallest absolute Gasteiger partial charge is 0.124 e. The molecule has 0 saturated carbocycles. The minimum atomic E-state index is 0.158. The van der Waals surface area contributed by atoms with Crippen molar-refractivity contribution in [3.05, 3.63) is 94.3 Å². The number of hydrogen-bond acceptors (Lipinski definition) is 4. The quantitative estimate of drug-likeness (QED) is 0.284. The molecule has 0 amide bonds. The molecule has 0 aliphatic carbocycles. The SMILES string of the molecule is Oc1ccc2cc(-c3ccsc3)ccc2c1-c1c(O)ccc2cc(-c3ccsc3)ccc12. The van der Waals surface area contributed by atoms with Crippen molar-refractivity contribution in [2.24, 2.45) is 0 Å². The largest absolute Gasteiger partial charge is 0.507 e. The Morgan fingerprint density at radius 1 is 0.469 bits per heavy atom. The van der Waals surface area contributed by atoms with Gasteiger partial charge in [0, 0.05) is 11.1 Å². The van der Waals surface area contributed by atoms with Crippen LogP contribution < -0.4 is 0 Å². The Morgan fingerprint density at radius 2 is 0.938 bits per heavy atom. The van der Waals surface area contributed by atoms with E-state index >= 15 is 0 Å². The average Bonchev–Trinajstić information content (AvgIpc) is 3.54. The number of hydrogen-bond donors (Lipinski definition) is 2. The highest BCUT2D eigenvalue weighted by Gasteiger charge is 2.17. The van der Waals surface area contributed by atoms with Crippen LogP contribution in [0.4, 0.5) is 0 Å². The summed E-state index contributed by atoms with van der Waals surface area (Å²) in [6.07, 6.45) is 0. The number of benzene rings is 4. The zero-order chi connectivity index (χ0) is 21.7. The van der Waals surface area contributed by atoms with Crippen molar-refractivity contribution in [3.63, 3.8) is 0 Å². The van der Waals surface area contributed by atoms with E-state index in [9.17, 15) is 10.2 Å². The fourth-order valence-corrected chi connectivity index (χ4v) is 5.71. The van der Waals surface area contributed by atoms with Crippen molar-refractivity contribution in [3.8, 4) is 44.9 Å². The van der Waals surface area contributed by atoms with Gasteiger partial charge in [0.25, 0.3) is 0 Å². The molecule has 0 spiro atoms. The van der Waals surface area contributed by atoms with Crippen molar-refractivity contribution in [2.75, 3.05) is 0 Å². The fourth-order valence-electron chi connectivity index (χ4n) is 4.38. The van der Waals surface area contributed by atoms with Crippen LogP contribution in [0.1, 0.15) is 0 Å². The highest BCUT2D eigenvalue weighted by molar-refractivity contribution is 7.08. The summed E-state index contributed by atoms with van der Waals surface area (Å²) >= 11 is 3.35. The predicted molar refractivity (Wildman–Crippen MR) is 137 cm³/mol. The van der Waals surface area contributed by atoms with E-state index in [1.165, 1.54) is 11.1 Å². The molecule has 6 aromatic rings. The molecule has 0 aliphatic rings. The van der Waals surface area contributed by atoms with Crippen molar-refractivity contribution in [1.82, 2.24) is 0 Å². The lowest BCUT2D eigenvalue weighted by Crippen LogP contribution is -1.88. The van der Waals surface area contributed by atoms with Gasteiger partial charge < -0.3 is 10.2 Å². The first-order chi connectivity index (χ1) is 15.7. The fraction of sp³-hybridized carbons (Fsp3) is 0. The second kappa shape index (κ2) is 7.52. The number of thiophene rings is 2. The van der Waals surface area contributed by atoms with Gasteiger partial charge in [0.05, 0.1) is 0 Å². The third-order valence-electron chi connectivity index (χ3n) is 5.95. The molecule has 2 nitrogen and oxygen atoms in total. The maximum atomic E-state index is 10.9. The number of phenols is 2. The second-order valence-electron chi connectivity index (χ2n) is 7.82. The molecule has 2 aromatic heterocycles. The van der Waals surface area contributed by atoms with Crippen LogP contribution in [0.15, 0.2) is 94.3 Å². The Morgan fingerprint density at radius 3 is 1.34 bits per heavy atom. The van der Waals surface area contributed by atoms with Crippen LogP contribution in [-0.4, -0.2) is 10.2 Å². The summed E-state index contributed by atoms with van der Waals surface area (Å²) in [5.41, 5.74) is 5.95. The first kappa shape index (κ1) is 19.1. The topological polar surface area (TPSA) is 40.5 Å². The van der Waals surface area contributed by atoms with Gasteiger partial charge in [-0.25, -0.2) is 0 Å². The number of rotatable bonds is 3. The summed E-state index contributed by atoms with van der Waals surface area (Å²) in [5.74, 6) is 0.316. The lowest BCUT2D eigenvalue weighted by atomic mass is 9.90. The first-order valence-electron chi connectivity index (χ1n) is 10.3. The third-order valence-corrected chi connectivity index (χ3v) is 7.32. The molecule has 4 heteroatoms. The summed E-state index contributed by atoms with van der Waals surface area (Å²) in [7, 11) is 0. The Bertz CT molecular complexity index is 1460. The van der Waals surface area contributed by atoms with Crippen LogP contribution in [0.25, 0.3) is 54.9 Å². The van der Waals surface area contributed by atoms with Gasteiger partial charge in [0.2, 0.25) is 0 Å². The lowest BCUT2D eigenvalue weighted by molar-refractivity contribution is 0.470. The molecule has 2 N–H and O–H groups in total. The van der Waals surface area contributed by atoms with Crippen LogP contribution in [-0.2, 0) is 0 Å². The van der Waals surface area contributed by atoms with Gasteiger partial charge in [0.1, 0.15) is 11.5 Å². The average molecular weight is 451 g/mol. The summed E-state index contributed by atoms with van der Waals surface area (Å²) in [6.45, 7) is 0. The van der Waals surface area contributed by atoms with E-state index in [4.69, 9.17) is 0 Å². The van der Waals surface area contributed by atoms with E-state index < -0.39 is 0 Å². The van der Waals surface area contributed by atoms with Gasteiger partial charge in [-0.3, -0.25) is 0 Å². The Labute approximate surface area is 193 Å². The molecular formula is C28H18O2S2. The number of phenolic OH excluding ortho intramolecular Hbond substituents is 2. The van der Waals surface area contributed by atoms with Gasteiger partial charge in [-0.15, -0.1) is 0 Å². The molecule has 6 rings (SSSR count). The minimum Gasteiger partial charge on any atom is -0.507 e. The van der Waals surface area contributed by atoms with Crippen LogP contribution in [0, 0.1) is 0 Å². The third kappa shape index (κ3) is 3.08. The molecule has 154 valence electrons. The maximum absolute atomic E-state index is 10.9. The minimum absolute atomic E-state index is 0.158. The number of fused-ring (bicyclic) bond motifs is 2. The molecular weight excluding hydrogens is 432 g/mol. The number of aromatic hydroxyl groups is 2. The molecule has 4 aromatic carbocycles.